The van der Waals surface area contributed by atoms with E-state index in [4.69, 9.17) is 16.1 Å². The van der Waals surface area contributed by atoms with Crippen molar-refractivity contribution in [1.29, 1.82) is 0 Å². The standard InChI is InChI=1S/C18H13ClN4O2S3/c1-10-20-16(25-23-10)9-26-13-5-3-2-4-11(13)17(24)22-18-21-12(8-27-18)14-6-7-15(19)28-14/h2-8H,9H2,1H3,(H,21,22,24). The molecule has 0 bridgehead atoms. The van der Waals surface area contributed by atoms with Crippen LogP contribution in [0.15, 0.2) is 51.2 Å². The minimum Gasteiger partial charge on any atom is -0.338 e. The molecule has 0 fully saturated rings. The maximum atomic E-state index is 12.8. The van der Waals surface area contributed by atoms with Crippen molar-refractivity contribution in [2.45, 2.75) is 17.6 Å². The highest BCUT2D eigenvalue weighted by Gasteiger charge is 2.15. The van der Waals surface area contributed by atoms with Crippen LogP contribution in [0.4, 0.5) is 5.13 Å². The van der Waals surface area contributed by atoms with Crippen LogP contribution >= 0.6 is 46.0 Å². The number of thioether (sulfide) groups is 1. The summed E-state index contributed by atoms with van der Waals surface area (Å²) in [6, 6.07) is 11.1. The van der Waals surface area contributed by atoms with Crippen molar-refractivity contribution >= 4 is 57.1 Å². The number of aromatic nitrogens is 3. The maximum Gasteiger partial charge on any atom is 0.258 e. The van der Waals surface area contributed by atoms with Crippen molar-refractivity contribution in [3.05, 3.63) is 63.4 Å². The molecule has 4 aromatic rings. The molecule has 6 nitrogen and oxygen atoms in total. The number of anilines is 1. The average molecular weight is 449 g/mol. The van der Waals surface area contributed by atoms with Crippen molar-refractivity contribution in [2.75, 3.05) is 5.32 Å². The molecule has 4 rings (SSSR count). The van der Waals surface area contributed by atoms with E-state index >= 15 is 0 Å². The van der Waals surface area contributed by atoms with Gasteiger partial charge in [-0.3, -0.25) is 10.1 Å². The first-order chi connectivity index (χ1) is 13.6. The number of halogens is 1. The van der Waals surface area contributed by atoms with Gasteiger partial charge in [0.25, 0.3) is 5.91 Å². The van der Waals surface area contributed by atoms with E-state index in [1.807, 2.05) is 35.7 Å². The molecule has 0 saturated heterocycles. The molecule has 1 N–H and O–H groups in total. The monoisotopic (exact) mass is 448 g/mol. The zero-order valence-electron chi connectivity index (χ0n) is 14.5. The molecule has 0 aliphatic rings. The summed E-state index contributed by atoms with van der Waals surface area (Å²) in [6.45, 7) is 1.77. The van der Waals surface area contributed by atoms with Crippen LogP contribution in [-0.4, -0.2) is 21.0 Å². The Bertz CT molecular complexity index is 1120. The van der Waals surface area contributed by atoms with Gasteiger partial charge >= 0.3 is 0 Å². The molecular weight excluding hydrogens is 436 g/mol. The number of thiazole rings is 1. The van der Waals surface area contributed by atoms with Gasteiger partial charge in [0.15, 0.2) is 11.0 Å². The van der Waals surface area contributed by atoms with Crippen molar-refractivity contribution in [1.82, 2.24) is 15.1 Å². The van der Waals surface area contributed by atoms with Gasteiger partial charge in [-0.15, -0.1) is 34.4 Å². The van der Waals surface area contributed by atoms with Crippen LogP contribution in [0.1, 0.15) is 22.1 Å². The Balaban J connectivity index is 1.47. The second-order valence-corrected chi connectivity index (χ2v) is 9.21. The maximum absolute atomic E-state index is 12.8. The number of rotatable bonds is 6. The van der Waals surface area contributed by atoms with Crippen molar-refractivity contribution in [3.8, 4) is 10.6 Å². The lowest BCUT2D eigenvalue weighted by molar-refractivity contribution is 0.102. The first-order valence-corrected chi connectivity index (χ1v) is 11.2. The Morgan fingerprint density at radius 3 is 2.86 bits per heavy atom. The third kappa shape index (κ3) is 4.44. The van der Waals surface area contributed by atoms with E-state index in [9.17, 15) is 4.79 Å². The van der Waals surface area contributed by atoms with Crippen LogP contribution in [-0.2, 0) is 5.75 Å². The Labute approximate surface area is 178 Å². The zero-order chi connectivity index (χ0) is 19.5. The van der Waals surface area contributed by atoms with E-state index in [1.54, 1.807) is 13.0 Å². The number of carbonyl (C=O) groups excluding carboxylic acids is 1. The summed E-state index contributed by atoms with van der Waals surface area (Å²) in [7, 11) is 0. The fraction of sp³-hybridized carbons (Fsp3) is 0.111. The van der Waals surface area contributed by atoms with Crippen LogP contribution in [0.25, 0.3) is 10.6 Å². The predicted molar refractivity (Wildman–Crippen MR) is 113 cm³/mol. The number of aryl methyl sites for hydroxylation is 1. The molecule has 0 aliphatic heterocycles. The van der Waals surface area contributed by atoms with Gasteiger partial charge in [-0.2, -0.15) is 4.98 Å². The molecule has 3 heterocycles. The third-order valence-electron chi connectivity index (χ3n) is 3.60. The Morgan fingerprint density at radius 1 is 1.25 bits per heavy atom. The summed E-state index contributed by atoms with van der Waals surface area (Å²) < 4.78 is 5.83. The van der Waals surface area contributed by atoms with Gasteiger partial charge in [0, 0.05) is 10.3 Å². The minimum absolute atomic E-state index is 0.213. The van der Waals surface area contributed by atoms with E-state index in [0.29, 0.717) is 32.5 Å². The van der Waals surface area contributed by atoms with Gasteiger partial charge in [-0.25, -0.2) is 4.98 Å². The number of hydrogen-bond acceptors (Lipinski definition) is 8. The Hall–Kier alpha value is -2.20. The quantitative estimate of drug-likeness (QED) is 0.377. The van der Waals surface area contributed by atoms with Crippen LogP contribution < -0.4 is 5.32 Å². The van der Waals surface area contributed by atoms with Crippen LogP contribution in [0.2, 0.25) is 4.34 Å². The lowest BCUT2D eigenvalue weighted by Gasteiger charge is -2.07. The zero-order valence-corrected chi connectivity index (χ0v) is 17.7. The fourth-order valence-electron chi connectivity index (χ4n) is 2.38. The molecule has 28 heavy (non-hydrogen) atoms. The van der Waals surface area contributed by atoms with Gasteiger partial charge in [0.1, 0.15) is 0 Å². The van der Waals surface area contributed by atoms with E-state index < -0.39 is 0 Å². The number of hydrogen-bond donors (Lipinski definition) is 1. The first kappa shape index (κ1) is 19.1. The number of amides is 1. The number of benzene rings is 1. The van der Waals surface area contributed by atoms with E-state index in [1.165, 1.54) is 34.4 Å². The van der Waals surface area contributed by atoms with E-state index in [-0.39, 0.29) is 5.91 Å². The number of thiophene rings is 1. The smallest absolute Gasteiger partial charge is 0.258 e. The molecule has 1 aromatic carbocycles. The lowest BCUT2D eigenvalue weighted by atomic mass is 10.2. The van der Waals surface area contributed by atoms with Crippen molar-refractivity contribution < 1.29 is 9.32 Å². The van der Waals surface area contributed by atoms with Crippen LogP contribution in [0, 0.1) is 6.92 Å². The fourth-order valence-corrected chi connectivity index (χ4v) is 5.05. The number of carbonyl (C=O) groups is 1. The van der Waals surface area contributed by atoms with Gasteiger partial charge in [-0.05, 0) is 31.2 Å². The first-order valence-electron chi connectivity index (χ1n) is 8.12. The predicted octanol–water partition coefficient (Wildman–Crippen LogP) is 5.76. The molecule has 142 valence electrons. The molecule has 0 aliphatic carbocycles. The average Bonchev–Trinajstić information content (AvgIpc) is 3.42. The number of nitrogens with one attached hydrogen (secondary N) is 1. The molecule has 0 spiro atoms. The van der Waals surface area contributed by atoms with Gasteiger partial charge in [0.2, 0.25) is 5.89 Å². The van der Waals surface area contributed by atoms with Gasteiger partial charge in [0.05, 0.1) is 26.2 Å². The molecular formula is C18H13ClN4O2S3. The van der Waals surface area contributed by atoms with Crippen molar-refractivity contribution in [3.63, 3.8) is 0 Å². The van der Waals surface area contributed by atoms with E-state index in [0.717, 1.165) is 15.5 Å². The highest BCUT2D eigenvalue weighted by molar-refractivity contribution is 7.98. The summed E-state index contributed by atoms with van der Waals surface area (Å²) in [5.74, 6) is 1.39. The van der Waals surface area contributed by atoms with E-state index in [2.05, 4.69) is 20.4 Å². The molecule has 10 heteroatoms. The Kier molecular flexibility index (Phi) is 5.77. The van der Waals surface area contributed by atoms with Gasteiger partial charge < -0.3 is 4.52 Å². The SMILES string of the molecule is Cc1noc(CSc2ccccc2C(=O)Nc2nc(-c3ccc(Cl)s3)cs2)n1. The van der Waals surface area contributed by atoms with Crippen LogP contribution in [0.3, 0.4) is 0 Å². The second kappa shape index (κ2) is 8.44. The molecule has 0 unspecified atom stereocenters. The normalized spacial score (nSPS) is 10.9. The highest BCUT2D eigenvalue weighted by atomic mass is 35.5. The van der Waals surface area contributed by atoms with Crippen LogP contribution in [0.5, 0.6) is 0 Å². The van der Waals surface area contributed by atoms with Gasteiger partial charge in [-0.1, -0.05) is 28.9 Å². The molecule has 0 atom stereocenters. The summed E-state index contributed by atoms with van der Waals surface area (Å²) in [4.78, 5) is 23.2. The molecule has 0 radical (unpaired) electrons. The summed E-state index contributed by atoms with van der Waals surface area (Å²) in [6.07, 6.45) is 0. The highest BCUT2D eigenvalue weighted by Crippen LogP contribution is 2.33. The summed E-state index contributed by atoms with van der Waals surface area (Å²) in [5, 5.41) is 9.09. The topological polar surface area (TPSA) is 80.9 Å². The van der Waals surface area contributed by atoms with Crippen molar-refractivity contribution in [2.24, 2.45) is 0 Å². The second-order valence-electron chi connectivity index (χ2n) is 5.62. The molecule has 0 saturated carbocycles. The summed E-state index contributed by atoms with van der Waals surface area (Å²) in [5.41, 5.74) is 1.37. The third-order valence-corrected chi connectivity index (χ3v) is 6.67. The Morgan fingerprint density at radius 2 is 2.11 bits per heavy atom. The molecule has 1 amide bonds. The largest absolute Gasteiger partial charge is 0.338 e. The lowest BCUT2D eigenvalue weighted by Crippen LogP contribution is -2.12. The summed E-state index contributed by atoms with van der Waals surface area (Å²) >= 11 is 10.3. The minimum atomic E-state index is -0.213. The molecule has 3 aromatic heterocycles. The number of nitrogens with zero attached hydrogens (tertiary/aromatic N) is 3.